The Labute approximate surface area is 262 Å². The molecular weight excluding hydrogens is 603 g/mol. The zero-order valence-electron chi connectivity index (χ0n) is 24.5. The van der Waals surface area contributed by atoms with Gasteiger partial charge < -0.3 is 20.1 Å². The van der Waals surface area contributed by atoms with E-state index in [4.69, 9.17) is 21.1 Å². The molecule has 1 aliphatic heterocycles. The quantitative estimate of drug-likeness (QED) is 0.120. The number of nitrogens with zero attached hydrogens (tertiary/aromatic N) is 2. The number of halogens is 2. The minimum absolute atomic E-state index is 0.0359. The molecule has 0 radical (unpaired) electrons. The molecule has 0 saturated heterocycles. The van der Waals surface area contributed by atoms with E-state index in [0.717, 1.165) is 41.4 Å². The summed E-state index contributed by atoms with van der Waals surface area (Å²) in [5.41, 5.74) is 2.66. The highest BCUT2D eigenvalue weighted by Gasteiger charge is 2.35. The minimum atomic E-state index is -2.19. The van der Waals surface area contributed by atoms with Gasteiger partial charge in [-0.3, -0.25) is 0 Å². The van der Waals surface area contributed by atoms with Crippen LogP contribution in [-0.4, -0.2) is 36.3 Å². The smallest absolute Gasteiger partial charge is 0.214 e. The molecule has 1 atom stereocenters. The first-order valence-corrected chi connectivity index (χ1v) is 15.9. The largest absolute Gasteiger partial charge is 0.490 e. The molecule has 5 rings (SSSR count). The first kappa shape index (κ1) is 31.4. The Hall–Kier alpha value is -3.99. The molecule has 1 aromatic heterocycles. The van der Waals surface area contributed by atoms with Gasteiger partial charge in [-0.2, -0.15) is 8.42 Å². The summed E-state index contributed by atoms with van der Waals surface area (Å²) in [5, 5.41) is 7.85. The van der Waals surface area contributed by atoms with Crippen molar-refractivity contribution < 1.29 is 22.3 Å². The second-order valence-electron chi connectivity index (χ2n) is 11.0. The number of benzene rings is 3. The van der Waals surface area contributed by atoms with Gasteiger partial charge in [0.05, 0.1) is 21.7 Å². The molecule has 230 valence electrons. The lowest BCUT2D eigenvalue weighted by atomic mass is 9.86. The van der Waals surface area contributed by atoms with Crippen molar-refractivity contribution in [1.82, 2.24) is 15.3 Å². The van der Waals surface area contributed by atoms with E-state index in [1.807, 2.05) is 38.1 Å². The number of fused-ring (bicyclic) bond motifs is 1. The Bertz CT molecular complexity index is 1800. The molecule has 0 spiro atoms. The Balaban J connectivity index is 1.29. The second-order valence-corrected chi connectivity index (χ2v) is 12.4. The molecule has 2 N–H and O–H groups in total. The van der Waals surface area contributed by atoms with Crippen LogP contribution in [0, 0.1) is 11.7 Å². The average Bonchev–Trinajstić information content (AvgIpc) is 3.48. The molecule has 3 aromatic carbocycles. The zero-order valence-corrected chi connectivity index (χ0v) is 26.1. The van der Waals surface area contributed by atoms with E-state index in [0.29, 0.717) is 40.1 Å². The van der Waals surface area contributed by atoms with E-state index >= 15 is 0 Å². The zero-order chi connectivity index (χ0) is 31.1. The third kappa shape index (κ3) is 7.56. The summed E-state index contributed by atoms with van der Waals surface area (Å²) >= 11 is 6.53. The summed E-state index contributed by atoms with van der Waals surface area (Å²) < 4.78 is 48.5. The van der Waals surface area contributed by atoms with Gasteiger partial charge in [-0.25, -0.2) is 14.4 Å². The van der Waals surface area contributed by atoms with Crippen molar-refractivity contribution in [2.45, 2.75) is 45.3 Å². The first-order chi connectivity index (χ1) is 21.2. The predicted octanol–water partition coefficient (Wildman–Crippen LogP) is 6.95. The fourth-order valence-electron chi connectivity index (χ4n) is 5.18. The van der Waals surface area contributed by atoms with Crippen LogP contribution in [0.2, 0.25) is 5.02 Å². The average molecular weight is 637 g/mol. The van der Waals surface area contributed by atoms with Crippen molar-refractivity contribution in [3.63, 3.8) is 0 Å². The molecule has 0 bridgehead atoms. The van der Waals surface area contributed by atoms with Crippen LogP contribution < -0.4 is 15.4 Å². The van der Waals surface area contributed by atoms with Crippen molar-refractivity contribution in [2.75, 3.05) is 18.4 Å². The highest BCUT2D eigenvalue weighted by atomic mass is 35.5. The molecule has 44 heavy (non-hydrogen) atoms. The van der Waals surface area contributed by atoms with E-state index in [1.165, 1.54) is 18.5 Å². The Kier molecular flexibility index (Phi) is 10.1. The van der Waals surface area contributed by atoms with Crippen LogP contribution in [0.1, 0.15) is 44.2 Å². The van der Waals surface area contributed by atoms with Crippen molar-refractivity contribution in [2.24, 2.45) is 5.92 Å². The first-order valence-electron chi connectivity index (χ1n) is 14.4. The highest BCUT2D eigenvalue weighted by molar-refractivity contribution is 7.73. The number of aromatic nitrogens is 2. The maximum absolute atomic E-state index is 13.5. The summed E-state index contributed by atoms with van der Waals surface area (Å²) in [6.45, 7) is 4.94. The predicted molar refractivity (Wildman–Crippen MR) is 172 cm³/mol. The monoisotopic (exact) mass is 636 g/mol. The molecule has 0 amide bonds. The van der Waals surface area contributed by atoms with E-state index in [2.05, 4.69) is 26.7 Å². The molecule has 2 heterocycles. The fourth-order valence-corrected chi connectivity index (χ4v) is 6.02. The Morgan fingerprint density at radius 3 is 2.73 bits per heavy atom. The van der Waals surface area contributed by atoms with Crippen molar-refractivity contribution in [3.05, 3.63) is 101 Å². The van der Waals surface area contributed by atoms with Crippen LogP contribution in [0.15, 0.2) is 79.3 Å². The number of hydrogen-bond acceptors (Lipinski definition) is 8. The molecule has 0 aliphatic carbocycles. The van der Waals surface area contributed by atoms with Crippen LogP contribution in [0.3, 0.4) is 0 Å². The summed E-state index contributed by atoms with van der Waals surface area (Å²) in [6, 6.07) is 17.6. The van der Waals surface area contributed by atoms with E-state index in [1.54, 1.807) is 30.5 Å². The minimum Gasteiger partial charge on any atom is -0.490 e. The number of nitrogens with one attached hydrogen (secondary N) is 2. The standard InChI is InChI=1S/C33H34ClFN4O4S/c1-22(2)31(44(40)41)19-36-14-4-12-33(13-5-15-43-33)24-8-10-29-27(17-24)32(38-21-37-29)39-26-9-11-30(28(34)18-26)42-20-23-6-3-7-25(35)16-23/h3,5-11,15-18,21-22,36H,4,12-14,19-20H2,1-2H3,(H,37,38,39). The van der Waals surface area contributed by atoms with Gasteiger partial charge in [-0.1, -0.05) is 43.6 Å². The Morgan fingerprint density at radius 1 is 1.14 bits per heavy atom. The molecule has 1 unspecified atom stereocenters. The lowest BCUT2D eigenvalue weighted by molar-refractivity contribution is 0.0306. The maximum Gasteiger partial charge on any atom is 0.214 e. The van der Waals surface area contributed by atoms with Gasteiger partial charge >= 0.3 is 0 Å². The topological polar surface area (TPSA) is 102 Å². The summed E-state index contributed by atoms with van der Waals surface area (Å²) in [6.07, 6.45) is 7.51. The molecular formula is C33H34ClFN4O4S. The SMILES string of the molecule is CC(C)C(CNCCCC1(c2ccc3ncnc(Nc4ccc(OCc5cccc(F)c5)c(Cl)c4)c3c2)CC=CO1)=S(=O)=O. The van der Waals surface area contributed by atoms with Crippen LogP contribution in [-0.2, 0) is 27.2 Å². The van der Waals surface area contributed by atoms with Gasteiger partial charge in [0.1, 0.15) is 35.9 Å². The number of ether oxygens (including phenoxy) is 2. The van der Waals surface area contributed by atoms with Gasteiger partial charge in [0, 0.05) is 24.0 Å². The number of hydrogen-bond donors (Lipinski definition) is 2. The van der Waals surface area contributed by atoms with E-state index < -0.39 is 15.9 Å². The molecule has 0 fully saturated rings. The van der Waals surface area contributed by atoms with Gasteiger partial charge in [-0.15, -0.1) is 0 Å². The fraction of sp³-hybridized carbons (Fsp3) is 0.303. The molecule has 8 nitrogen and oxygen atoms in total. The second kappa shape index (κ2) is 14.2. The van der Waals surface area contributed by atoms with E-state index in [-0.39, 0.29) is 18.3 Å². The van der Waals surface area contributed by atoms with Crippen molar-refractivity contribution in [3.8, 4) is 5.75 Å². The van der Waals surface area contributed by atoms with Crippen LogP contribution in [0.25, 0.3) is 10.9 Å². The highest BCUT2D eigenvalue weighted by Crippen LogP contribution is 2.40. The molecule has 11 heteroatoms. The summed E-state index contributed by atoms with van der Waals surface area (Å²) in [5.74, 6) is 0.748. The lowest BCUT2D eigenvalue weighted by Crippen LogP contribution is -2.30. The molecule has 4 aromatic rings. The Morgan fingerprint density at radius 2 is 2.00 bits per heavy atom. The summed E-state index contributed by atoms with van der Waals surface area (Å²) in [4.78, 5) is 9.43. The lowest BCUT2D eigenvalue weighted by Gasteiger charge is -2.30. The third-order valence-electron chi connectivity index (χ3n) is 7.57. The van der Waals surface area contributed by atoms with Crippen molar-refractivity contribution >= 4 is 49.2 Å². The van der Waals surface area contributed by atoms with Gasteiger partial charge in [0.15, 0.2) is 0 Å². The molecule has 0 saturated carbocycles. The maximum atomic E-state index is 13.5. The van der Waals surface area contributed by atoms with Gasteiger partial charge in [-0.05, 0) is 85.0 Å². The van der Waals surface area contributed by atoms with E-state index in [9.17, 15) is 12.8 Å². The van der Waals surface area contributed by atoms with Gasteiger partial charge in [0.2, 0.25) is 10.3 Å². The summed E-state index contributed by atoms with van der Waals surface area (Å²) in [7, 11) is -2.19. The molecule has 1 aliphatic rings. The van der Waals surface area contributed by atoms with Crippen LogP contribution >= 0.6 is 11.6 Å². The van der Waals surface area contributed by atoms with Gasteiger partial charge in [0.25, 0.3) is 0 Å². The van der Waals surface area contributed by atoms with Crippen molar-refractivity contribution in [1.29, 1.82) is 0 Å². The number of anilines is 2. The third-order valence-corrected chi connectivity index (χ3v) is 8.91. The van der Waals surface area contributed by atoms with Crippen LogP contribution in [0.4, 0.5) is 15.9 Å². The number of rotatable bonds is 13. The van der Waals surface area contributed by atoms with Crippen LogP contribution in [0.5, 0.6) is 5.75 Å². The normalized spacial score (nSPS) is 15.8.